The normalized spacial score (nSPS) is 19.6. The van der Waals surface area contributed by atoms with Gasteiger partial charge in [-0.05, 0) is 38.9 Å². The Labute approximate surface area is 117 Å². The summed E-state index contributed by atoms with van der Waals surface area (Å²) in [5.74, 6) is 0.0183. The largest absolute Gasteiger partial charge is 0.366 e. The third-order valence-electron chi connectivity index (χ3n) is 3.25. The predicted molar refractivity (Wildman–Crippen MR) is 77.3 cm³/mol. The van der Waals surface area contributed by atoms with E-state index in [4.69, 9.17) is 4.74 Å². The lowest BCUT2D eigenvalue weighted by atomic mass is 10.2. The van der Waals surface area contributed by atoms with E-state index in [9.17, 15) is 4.79 Å². The van der Waals surface area contributed by atoms with Gasteiger partial charge in [0, 0.05) is 19.6 Å². The molecular weight excluding hydrogens is 242 g/mol. The minimum absolute atomic E-state index is 0.0183. The molecule has 0 saturated carbocycles. The minimum Gasteiger partial charge on any atom is -0.366 e. The number of ether oxygens (including phenoxy) is 1. The van der Waals surface area contributed by atoms with Gasteiger partial charge in [-0.25, -0.2) is 0 Å². The maximum atomic E-state index is 11.8. The number of hydrogen-bond acceptors (Lipinski definition) is 4. The van der Waals surface area contributed by atoms with Gasteiger partial charge in [0.15, 0.2) is 0 Å². The maximum Gasteiger partial charge on any atom is 0.250 e. The lowest BCUT2D eigenvalue weighted by molar-refractivity contribution is -0.134. The predicted octanol–water partition coefficient (Wildman–Crippen LogP) is 0.603. The Bertz CT molecular complexity index is 237. The maximum absolute atomic E-state index is 11.8. The average molecular weight is 271 g/mol. The van der Waals surface area contributed by atoms with Gasteiger partial charge in [-0.15, -0.1) is 0 Å². The van der Waals surface area contributed by atoms with Crippen LogP contribution in [-0.4, -0.2) is 62.8 Å². The zero-order chi connectivity index (χ0) is 13.9. The number of rotatable bonds is 9. The molecule has 0 radical (unpaired) electrons. The van der Waals surface area contributed by atoms with Crippen LogP contribution in [0.4, 0.5) is 0 Å². The molecule has 19 heavy (non-hydrogen) atoms. The monoisotopic (exact) mass is 271 g/mol. The third kappa shape index (κ3) is 6.89. The van der Waals surface area contributed by atoms with Gasteiger partial charge in [-0.3, -0.25) is 4.79 Å². The molecular formula is C14H29N3O2. The fraction of sp³-hybridized carbons (Fsp3) is 0.929. The summed E-state index contributed by atoms with van der Waals surface area (Å²) in [6, 6.07) is 0. The lowest BCUT2D eigenvalue weighted by Crippen LogP contribution is -2.48. The van der Waals surface area contributed by atoms with Gasteiger partial charge in [-0.2, -0.15) is 0 Å². The summed E-state index contributed by atoms with van der Waals surface area (Å²) < 4.78 is 5.41. The van der Waals surface area contributed by atoms with Gasteiger partial charge in [0.05, 0.1) is 6.61 Å². The van der Waals surface area contributed by atoms with Crippen LogP contribution in [0, 0.1) is 0 Å². The summed E-state index contributed by atoms with van der Waals surface area (Å²) in [6.07, 6.45) is 3.07. The van der Waals surface area contributed by atoms with Gasteiger partial charge < -0.3 is 20.3 Å². The van der Waals surface area contributed by atoms with Crippen molar-refractivity contribution in [1.29, 1.82) is 0 Å². The first-order valence-corrected chi connectivity index (χ1v) is 7.60. The van der Waals surface area contributed by atoms with Crippen LogP contribution in [-0.2, 0) is 9.53 Å². The summed E-state index contributed by atoms with van der Waals surface area (Å²) in [5.41, 5.74) is 0. The second-order valence-electron chi connectivity index (χ2n) is 5.05. The van der Waals surface area contributed by atoms with Crippen molar-refractivity contribution in [2.45, 2.75) is 39.2 Å². The highest BCUT2D eigenvalue weighted by Gasteiger charge is 2.20. The molecule has 0 spiro atoms. The molecule has 0 aromatic heterocycles. The van der Waals surface area contributed by atoms with Gasteiger partial charge >= 0.3 is 0 Å². The minimum atomic E-state index is -0.309. The summed E-state index contributed by atoms with van der Waals surface area (Å²) in [4.78, 5) is 14.3. The van der Waals surface area contributed by atoms with Crippen LogP contribution in [0.2, 0.25) is 0 Å². The molecule has 1 unspecified atom stereocenters. The standard InChI is InChI=1S/C14H29N3O2/c1-3-8-17(9-4-2)10-5-6-16-14(18)13-12-15-7-11-19-13/h13,15H,3-12H2,1-2H3,(H,16,18). The molecule has 112 valence electrons. The van der Waals surface area contributed by atoms with Crippen LogP contribution in [0.15, 0.2) is 0 Å². The van der Waals surface area contributed by atoms with Crippen LogP contribution < -0.4 is 10.6 Å². The molecule has 1 fully saturated rings. The number of nitrogens with one attached hydrogen (secondary N) is 2. The van der Waals surface area contributed by atoms with Crippen molar-refractivity contribution in [3.8, 4) is 0 Å². The third-order valence-corrected chi connectivity index (χ3v) is 3.25. The van der Waals surface area contributed by atoms with Gasteiger partial charge in [-0.1, -0.05) is 13.8 Å². The first-order valence-electron chi connectivity index (χ1n) is 7.60. The van der Waals surface area contributed by atoms with E-state index < -0.39 is 0 Å². The Morgan fingerprint density at radius 3 is 2.63 bits per heavy atom. The number of hydrogen-bond donors (Lipinski definition) is 2. The van der Waals surface area contributed by atoms with Crippen molar-refractivity contribution in [2.24, 2.45) is 0 Å². The van der Waals surface area contributed by atoms with E-state index in [1.165, 1.54) is 12.8 Å². The zero-order valence-electron chi connectivity index (χ0n) is 12.4. The average Bonchev–Trinajstić information content (AvgIpc) is 2.44. The molecule has 1 amide bonds. The first kappa shape index (κ1) is 16.4. The smallest absolute Gasteiger partial charge is 0.250 e. The molecule has 1 aliphatic heterocycles. The van der Waals surface area contributed by atoms with Crippen LogP contribution in [0.1, 0.15) is 33.1 Å². The number of amides is 1. The summed E-state index contributed by atoms with van der Waals surface area (Å²) in [5, 5.41) is 6.13. The Hall–Kier alpha value is -0.650. The molecule has 1 heterocycles. The quantitative estimate of drug-likeness (QED) is 0.603. The Morgan fingerprint density at radius 1 is 1.32 bits per heavy atom. The lowest BCUT2D eigenvalue weighted by Gasteiger charge is -2.23. The van der Waals surface area contributed by atoms with Crippen LogP contribution in [0.5, 0.6) is 0 Å². The molecule has 2 N–H and O–H groups in total. The van der Waals surface area contributed by atoms with Crippen molar-refractivity contribution >= 4 is 5.91 Å². The van der Waals surface area contributed by atoms with Crippen molar-refractivity contribution in [1.82, 2.24) is 15.5 Å². The number of morpholine rings is 1. The van der Waals surface area contributed by atoms with Crippen molar-refractivity contribution in [3.63, 3.8) is 0 Å². The molecule has 1 atom stereocenters. The molecule has 1 aliphatic rings. The van der Waals surface area contributed by atoms with E-state index in [0.717, 1.165) is 39.1 Å². The highest BCUT2D eigenvalue weighted by atomic mass is 16.5. The summed E-state index contributed by atoms with van der Waals surface area (Å²) >= 11 is 0. The van der Waals surface area contributed by atoms with E-state index in [1.54, 1.807) is 0 Å². The Balaban J connectivity index is 2.09. The topological polar surface area (TPSA) is 53.6 Å². The fourth-order valence-corrected chi connectivity index (χ4v) is 2.33. The van der Waals surface area contributed by atoms with Crippen molar-refractivity contribution < 1.29 is 9.53 Å². The number of carbonyl (C=O) groups excluding carboxylic acids is 1. The SMILES string of the molecule is CCCN(CCC)CCCNC(=O)C1CNCCO1. The molecule has 0 bridgehead atoms. The highest BCUT2D eigenvalue weighted by molar-refractivity contribution is 5.81. The fourth-order valence-electron chi connectivity index (χ4n) is 2.33. The van der Waals surface area contributed by atoms with E-state index in [1.807, 2.05) is 0 Å². The van der Waals surface area contributed by atoms with Gasteiger partial charge in [0.25, 0.3) is 0 Å². The van der Waals surface area contributed by atoms with E-state index in [0.29, 0.717) is 13.2 Å². The van der Waals surface area contributed by atoms with E-state index in [-0.39, 0.29) is 12.0 Å². The Kier molecular flexibility index (Phi) is 8.79. The second kappa shape index (κ2) is 10.2. The molecule has 1 rings (SSSR count). The molecule has 0 aromatic carbocycles. The van der Waals surface area contributed by atoms with E-state index >= 15 is 0 Å². The number of nitrogens with zero attached hydrogens (tertiary/aromatic N) is 1. The van der Waals surface area contributed by atoms with Crippen LogP contribution in [0.3, 0.4) is 0 Å². The van der Waals surface area contributed by atoms with Crippen LogP contribution in [0.25, 0.3) is 0 Å². The summed E-state index contributed by atoms with van der Waals surface area (Å²) in [7, 11) is 0. The van der Waals surface area contributed by atoms with Crippen molar-refractivity contribution in [2.75, 3.05) is 45.9 Å². The molecule has 0 aliphatic carbocycles. The zero-order valence-corrected chi connectivity index (χ0v) is 12.4. The number of carbonyl (C=O) groups is 1. The molecule has 5 heteroatoms. The van der Waals surface area contributed by atoms with Gasteiger partial charge in [0.2, 0.25) is 5.91 Å². The molecule has 5 nitrogen and oxygen atoms in total. The Morgan fingerprint density at radius 2 is 2.05 bits per heavy atom. The summed E-state index contributed by atoms with van der Waals surface area (Å²) in [6.45, 7) is 10.6. The van der Waals surface area contributed by atoms with Gasteiger partial charge in [0.1, 0.15) is 6.10 Å². The second-order valence-corrected chi connectivity index (χ2v) is 5.05. The van der Waals surface area contributed by atoms with Crippen molar-refractivity contribution in [3.05, 3.63) is 0 Å². The van der Waals surface area contributed by atoms with Crippen LogP contribution >= 0.6 is 0 Å². The van der Waals surface area contributed by atoms with E-state index in [2.05, 4.69) is 29.4 Å². The first-order chi connectivity index (χ1) is 9.27. The highest BCUT2D eigenvalue weighted by Crippen LogP contribution is 1.98. The molecule has 0 aromatic rings. The molecule has 1 saturated heterocycles.